The molecule has 1 rings (SSSR count). The van der Waals surface area contributed by atoms with Gasteiger partial charge in [-0.1, -0.05) is 0 Å². The summed E-state index contributed by atoms with van der Waals surface area (Å²) in [5.41, 5.74) is 0.528. The quantitative estimate of drug-likeness (QED) is 0.692. The number of halogens is 1. The lowest BCUT2D eigenvalue weighted by Crippen LogP contribution is -2.26. The van der Waals surface area contributed by atoms with E-state index in [0.717, 1.165) is 0 Å². The maximum atomic E-state index is 12.8. The summed E-state index contributed by atoms with van der Waals surface area (Å²) < 4.78 is 12.8. The van der Waals surface area contributed by atoms with Gasteiger partial charge in [-0.2, -0.15) is 0 Å². The Balaban J connectivity index is 2.53. The molecule has 0 aliphatic heterocycles. The Kier molecular flexibility index (Phi) is 4.52. The van der Waals surface area contributed by atoms with E-state index in [1.165, 1.54) is 18.2 Å². The van der Waals surface area contributed by atoms with Gasteiger partial charge < -0.3 is 15.5 Å². The summed E-state index contributed by atoms with van der Waals surface area (Å²) in [5.74, 6) is -0.278. The van der Waals surface area contributed by atoms with Crippen LogP contribution in [0.25, 0.3) is 0 Å². The zero-order valence-electron chi connectivity index (χ0n) is 8.70. The van der Waals surface area contributed by atoms with Gasteiger partial charge in [0.2, 0.25) is 0 Å². The van der Waals surface area contributed by atoms with Gasteiger partial charge in [0.05, 0.1) is 0 Å². The van der Waals surface area contributed by atoms with E-state index in [2.05, 4.69) is 5.32 Å². The Hall–Kier alpha value is -1.13. The van der Waals surface area contributed by atoms with Crippen molar-refractivity contribution in [3.63, 3.8) is 0 Å². The first-order valence-corrected chi connectivity index (χ1v) is 4.95. The van der Waals surface area contributed by atoms with Gasteiger partial charge in [0.1, 0.15) is 11.6 Å². The van der Waals surface area contributed by atoms with Crippen LogP contribution in [0.3, 0.4) is 0 Å². The normalized spacial score (nSPS) is 12.7. The van der Waals surface area contributed by atoms with Crippen LogP contribution in [0.5, 0.6) is 5.75 Å². The molecule has 1 aromatic carbocycles. The Labute approximate surface area is 88.6 Å². The third-order valence-electron chi connectivity index (χ3n) is 2.24. The summed E-state index contributed by atoms with van der Waals surface area (Å²) in [7, 11) is 0. The number of hydrogen-bond donors (Lipinski definition) is 3. The number of aliphatic hydroxyl groups excluding tert-OH is 1. The second kappa shape index (κ2) is 5.68. The Morgan fingerprint density at radius 3 is 2.87 bits per heavy atom. The van der Waals surface area contributed by atoms with Crippen molar-refractivity contribution in [2.75, 3.05) is 6.61 Å². The minimum Gasteiger partial charge on any atom is -0.508 e. The van der Waals surface area contributed by atoms with Crippen molar-refractivity contribution in [3.05, 3.63) is 29.6 Å². The van der Waals surface area contributed by atoms with Crippen LogP contribution in [0.15, 0.2) is 18.2 Å². The van der Waals surface area contributed by atoms with Crippen LogP contribution in [0.2, 0.25) is 0 Å². The third-order valence-corrected chi connectivity index (χ3v) is 2.24. The molecule has 4 heteroatoms. The highest BCUT2D eigenvalue weighted by Gasteiger charge is 2.05. The molecule has 0 saturated carbocycles. The second-order valence-electron chi connectivity index (χ2n) is 3.57. The van der Waals surface area contributed by atoms with E-state index in [1.807, 2.05) is 6.92 Å². The van der Waals surface area contributed by atoms with Crippen molar-refractivity contribution in [3.8, 4) is 5.75 Å². The van der Waals surface area contributed by atoms with E-state index >= 15 is 0 Å². The molecule has 1 unspecified atom stereocenters. The number of nitrogens with one attached hydrogen (secondary N) is 1. The third kappa shape index (κ3) is 3.85. The van der Waals surface area contributed by atoms with Crippen molar-refractivity contribution < 1.29 is 14.6 Å². The van der Waals surface area contributed by atoms with Gasteiger partial charge in [0, 0.05) is 24.8 Å². The lowest BCUT2D eigenvalue weighted by Gasteiger charge is -2.12. The monoisotopic (exact) mass is 213 g/mol. The molecule has 1 aromatic rings. The molecule has 0 saturated heterocycles. The van der Waals surface area contributed by atoms with Crippen LogP contribution in [0.4, 0.5) is 4.39 Å². The molecule has 0 heterocycles. The van der Waals surface area contributed by atoms with E-state index in [0.29, 0.717) is 18.5 Å². The van der Waals surface area contributed by atoms with Crippen LogP contribution < -0.4 is 5.32 Å². The first-order valence-electron chi connectivity index (χ1n) is 4.95. The van der Waals surface area contributed by atoms with Crippen LogP contribution in [-0.2, 0) is 6.54 Å². The molecule has 3 nitrogen and oxygen atoms in total. The average molecular weight is 213 g/mol. The largest absolute Gasteiger partial charge is 0.508 e. The summed E-state index contributed by atoms with van der Waals surface area (Å²) in [5, 5.41) is 21.2. The topological polar surface area (TPSA) is 52.5 Å². The highest BCUT2D eigenvalue weighted by molar-refractivity contribution is 5.32. The van der Waals surface area contributed by atoms with Gasteiger partial charge >= 0.3 is 0 Å². The molecule has 84 valence electrons. The summed E-state index contributed by atoms with van der Waals surface area (Å²) in [4.78, 5) is 0. The number of rotatable bonds is 5. The molecule has 0 aliphatic carbocycles. The van der Waals surface area contributed by atoms with Crippen LogP contribution in [0, 0.1) is 5.82 Å². The molecule has 15 heavy (non-hydrogen) atoms. The average Bonchev–Trinajstić information content (AvgIpc) is 2.20. The number of phenolic OH excluding ortho intramolecular Hbond substituents is 1. The van der Waals surface area contributed by atoms with Gasteiger partial charge in [-0.15, -0.1) is 0 Å². The van der Waals surface area contributed by atoms with Gasteiger partial charge in [-0.3, -0.25) is 0 Å². The zero-order valence-corrected chi connectivity index (χ0v) is 8.70. The van der Waals surface area contributed by atoms with Crippen LogP contribution in [0.1, 0.15) is 18.9 Å². The molecular formula is C11H16FNO2. The minimum absolute atomic E-state index is 0.0834. The Morgan fingerprint density at radius 1 is 1.47 bits per heavy atom. The van der Waals surface area contributed by atoms with Crippen molar-refractivity contribution >= 4 is 0 Å². The van der Waals surface area contributed by atoms with E-state index in [1.54, 1.807) is 0 Å². The van der Waals surface area contributed by atoms with Gasteiger partial charge in [0.25, 0.3) is 0 Å². The van der Waals surface area contributed by atoms with E-state index in [4.69, 9.17) is 5.11 Å². The fourth-order valence-corrected chi connectivity index (χ4v) is 1.28. The smallest absolute Gasteiger partial charge is 0.123 e. The summed E-state index contributed by atoms with van der Waals surface area (Å²) in [6.45, 7) is 2.43. The van der Waals surface area contributed by atoms with Gasteiger partial charge in [-0.25, -0.2) is 4.39 Å². The highest BCUT2D eigenvalue weighted by atomic mass is 19.1. The van der Waals surface area contributed by atoms with E-state index in [-0.39, 0.29) is 24.2 Å². The standard InChI is InChI=1S/C11H16FNO2/c1-8(4-5-14)13-7-9-6-10(12)2-3-11(9)15/h2-3,6,8,13-15H,4-5,7H2,1H3. The summed E-state index contributed by atoms with van der Waals surface area (Å²) in [6.07, 6.45) is 0.635. The first-order chi connectivity index (χ1) is 7.13. The molecule has 0 aliphatic rings. The molecule has 0 spiro atoms. The van der Waals surface area contributed by atoms with Gasteiger partial charge in [0.15, 0.2) is 0 Å². The molecule has 1 atom stereocenters. The Morgan fingerprint density at radius 2 is 2.20 bits per heavy atom. The highest BCUT2D eigenvalue weighted by Crippen LogP contribution is 2.17. The number of phenols is 1. The van der Waals surface area contributed by atoms with Crippen molar-refractivity contribution in [1.29, 1.82) is 0 Å². The minimum atomic E-state index is -0.362. The fourth-order valence-electron chi connectivity index (χ4n) is 1.28. The van der Waals surface area contributed by atoms with E-state index < -0.39 is 0 Å². The zero-order chi connectivity index (χ0) is 11.3. The van der Waals surface area contributed by atoms with E-state index in [9.17, 15) is 9.50 Å². The van der Waals surface area contributed by atoms with Crippen molar-refractivity contribution in [2.24, 2.45) is 0 Å². The number of benzene rings is 1. The predicted molar refractivity (Wildman–Crippen MR) is 56.1 cm³/mol. The molecule has 0 radical (unpaired) electrons. The number of hydrogen-bond acceptors (Lipinski definition) is 3. The maximum Gasteiger partial charge on any atom is 0.123 e. The maximum absolute atomic E-state index is 12.8. The van der Waals surface area contributed by atoms with Gasteiger partial charge in [-0.05, 0) is 31.5 Å². The van der Waals surface area contributed by atoms with Crippen LogP contribution >= 0.6 is 0 Å². The fraction of sp³-hybridized carbons (Fsp3) is 0.455. The molecule has 0 bridgehead atoms. The van der Waals surface area contributed by atoms with Crippen LogP contribution in [-0.4, -0.2) is 22.9 Å². The molecule has 0 aromatic heterocycles. The number of aliphatic hydroxyl groups is 1. The van der Waals surface area contributed by atoms with Crippen molar-refractivity contribution in [2.45, 2.75) is 25.9 Å². The molecule has 0 amide bonds. The Bertz CT molecular complexity index is 317. The molecule has 3 N–H and O–H groups in total. The lowest BCUT2D eigenvalue weighted by molar-refractivity contribution is 0.268. The number of aromatic hydroxyl groups is 1. The SMILES string of the molecule is CC(CCO)NCc1cc(F)ccc1O. The molecular weight excluding hydrogens is 197 g/mol. The summed E-state index contributed by atoms with van der Waals surface area (Å²) in [6, 6.07) is 3.99. The summed E-state index contributed by atoms with van der Waals surface area (Å²) >= 11 is 0. The first kappa shape index (κ1) is 11.9. The van der Waals surface area contributed by atoms with Crippen molar-refractivity contribution in [1.82, 2.24) is 5.32 Å². The predicted octanol–water partition coefficient (Wildman–Crippen LogP) is 1.39. The second-order valence-corrected chi connectivity index (χ2v) is 3.57. The molecule has 0 fully saturated rings. The lowest BCUT2D eigenvalue weighted by atomic mass is 10.1.